The summed E-state index contributed by atoms with van der Waals surface area (Å²) in [5.74, 6) is 2.15. The van der Waals surface area contributed by atoms with Crippen molar-refractivity contribution in [2.75, 3.05) is 23.7 Å². The molecule has 1 aliphatic rings. The predicted octanol–water partition coefficient (Wildman–Crippen LogP) is 0.765. The Labute approximate surface area is 111 Å². The van der Waals surface area contributed by atoms with Gasteiger partial charge in [-0.05, 0) is 6.92 Å². The Morgan fingerprint density at radius 3 is 2.94 bits per heavy atom. The number of thioether (sulfide) groups is 1. The van der Waals surface area contributed by atoms with Gasteiger partial charge in [-0.1, -0.05) is 12.1 Å². The van der Waals surface area contributed by atoms with Crippen molar-refractivity contribution < 1.29 is 5.21 Å². The van der Waals surface area contributed by atoms with Gasteiger partial charge in [0.1, 0.15) is 5.82 Å². The lowest BCUT2D eigenvalue weighted by Gasteiger charge is -2.32. The zero-order valence-corrected chi connectivity index (χ0v) is 11.7. The second-order valence-electron chi connectivity index (χ2n) is 4.52. The van der Waals surface area contributed by atoms with Crippen LogP contribution in [0, 0.1) is 6.92 Å². The summed E-state index contributed by atoms with van der Waals surface area (Å²) in [6.07, 6.45) is 0. The van der Waals surface area contributed by atoms with Crippen molar-refractivity contribution >= 4 is 23.4 Å². The van der Waals surface area contributed by atoms with Crippen LogP contribution in [0.2, 0.25) is 0 Å². The Morgan fingerprint density at radius 1 is 1.61 bits per heavy atom. The SMILES string of the molecule is Cc1nn(C)c(N2CCSC(C)C2)c1C(N)=NO. The minimum absolute atomic E-state index is 0.126. The van der Waals surface area contributed by atoms with Crippen LogP contribution < -0.4 is 10.6 Å². The summed E-state index contributed by atoms with van der Waals surface area (Å²) in [6.45, 7) is 6.00. The molecule has 1 aromatic heterocycles. The minimum Gasteiger partial charge on any atom is -0.409 e. The highest BCUT2D eigenvalue weighted by molar-refractivity contribution is 8.00. The van der Waals surface area contributed by atoms with Crippen molar-refractivity contribution in [3.05, 3.63) is 11.3 Å². The van der Waals surface area contributed by atoms with E-state index in [1.807, 2.05) is 30.4 Å². The molecule has 2 heterocycles. The number of hydrogen-bond donors (Lipinski definition) is 2. The molecule has 3 N–H and O–H groups in total. The van der Waals surface area contributed by atoms with Crippen molar-refractivity contribution in [1.29, 1.82) is 0 Å². The summed E-state index contributed by atoms with van der Waals surface area (Å²) in [5, 5.41) is 17.0. The molecule has 1 aromatic rings. The average Bonchev–Trinajstić information content (AvgIpc) is 2.63. The summed E-state index contributed by atoms with van der Waals surface area (Å²) < 4.78 is 1.81. The fraction of sp³-hybridized carbons (Fsp3) is 0.636. The summed E-state index contributed by atoms with van der Waals surface area (Å²) in [7, 11) is 1.89. The first-order valence-corrected chi connectivity index (χ1v) is 6.97. The van der Waals surface area contributed by atoms with Crippen molar-refractivity contribution in [2.24, 2.45) is 17.9 Å². The van der Waals surface area contributed by atoms with Crippen LogP contribution in [-0.4, -0.2) is 44.9 Å². The first kappa shape index (κ1) is 13.1. The van der Waals surface area contributed by atoms with Gasteiger partial charge in [-0.3, -0.25) is 4.68 Å². The standard InChI is InChI=1S/C11H19N5OS/c1-7-6-16(4-5-18-7)11-9(10(12)14-17)8(2)13-15(11)3/h7,17H,4-6H2,1-3H3,(H2,12,14). The molecule has 0 aromatic carbocycles. The number of aromatic nitrogens is 2. The monoisotopic (exact) mass is 269 g/mol. The van der Waals surface area contributed by atoms with Gasteiger partial charge in [-0.15, -0.1) is 0 Å². The lowest BCUT2D eigenvalue weighted by molar-refractivity contribution is 0.318. The lowest BCUT2D eigenvalue weighted by Crippen LogP contribution is -2.39. The summed E-state index contributed by atoms with van der Waals surface area (Å²) >= 11 is 1.97. The minimum atomic E-state index is 0.126. The highest BCUT2D eigenvalue weighted by atomic mass is 32.2. The highest BCUT2D eigenvalue weighted by Crippen LogP contribution is 2.28. The number of hydrogen-bond acceptors (Lipinski definition) is 5. The van der Waals surface area contributed by atoms with Crippen molar-refractivity contribution in [3.8, 4) is 0 Å². The predicted molar refractivity (Wildman–Crippen MR) is 74.6 cm³/mol. The van der Waals surface area contributed by atoms with Gasteiger partial charge in [0.2, 0.25) is 0 Å². The van der Waals surface area contributed by atoms with E-state index in [9.17, 15) is 0 Å². The van der Waals surface area contributed by atoms with Crippen LogP contribution in [0.15, 0.2) is 5.16 Å². The van der Waals surface area contributed by atoms with E-state index >= 15 is 0 Å². The Bertz CT molecular complexity index is 470. The molecule has 18 heavy (non-hydrogen) atoms. The lowest BCUT2D eigenvalue weighted by atomic mass is 10.2. The molecule has 0 bridgehead atoms. The third kappa shape index (κ3) is 2.27. The molecule has 1 saturated heterocycles. The van der Waals surface area contributed by atoms with Gasteiger partial charge in [-0.2, -0.15) is 16.9 Å². The van der Waals surface area contributed by atoms with Gasteiger partial charge in [-0.25, -0.2) is 0 Å². The van der Waals surface area contributed by atoms with Gasteiger partial charge < -0.3 is 15.8 Å². The largest absolute Gasteiger partial charge is 0.409 e. The van der Waals surface area contributed by atoms with Gasteiger partial charge in [0.05, 0.1) is 11.3 Å². The number of amidine groups is 1. The first-order chi connectivity index (χ1) is 8.54. The zero-order valence-electron chi connectivity index (χ0n) is 10.9. The van der Waals surface area contributed by atoms with Crippen molar-refractivity contribution in [3.63, 3.8) is 0 Å². The van der Waals surface area contributed by atoms with Gasteiger partial charge in [0.25, 0.3) is 0 Å². The van der Waals surface area contributed by atoms with E-state index < -0.39 is 0 Å². The topological polar surface area (TPSA) is 79.7 Å². The molecule has 100 valence electrons. The molecule has 1 atom stereocenters. The maximum atomic E-state index is 8.90. The second-order valence-corrected chi connectivity index (χ2v) is 6.07. The van der Waals surface area contributed by atoms with Crippen LogP contribution in [0.25, 0.3) is 0 Å². The van der Waals surface area contributed by atoms with E-state index in [1.165, 1.54) is 0 Å². The summed E-state index contributed by atoms with van der Waals surface area (Å²) in [4.78, 5) is 2.26. The number of nitrogens with zero attached hydrogens (tertiary/aromatic N) is 4. The van der Waals surface area contributed by atoms with Gasteiger partial charge in [0, 0.05) is 31.1 Å². The van der Waals surface area contributed by atoms with E-state index in [0.717, 1.165) is 35.9 Å². The van der Waals surface area contributed by atoms with Crippen LogP contribution in [0.3, 0.4) is 0 Å². The molecule has 2 rings (SSSR count). The molecular formula is C11H19N5OS. The molecule has 0 spiro atoms. The van der Waals surface area contributed by atoms with Crippen LogP contribution in [-0.2, 0) is 7.05 Å². The molecule has 6 nitrogen and oxygen atoms in total. The summed E-state index contributed by atoms with van der Waals surface area (Å²) in [6, 6.07) is 0. The van der Waals surface area contributed by atoms with E-state index in [1.54, 1.807) is 0 Å². The smallest absolute Gasteiger partial charge is 0.175 e. The Kier molecular flexibility index (Phi) is 3.70. The van der Waals surface area contributed by atoms with E-state index in [0.29, 0.717) is 5.25 Å². The van der Waals surface area contributed by atoms with Crippen LogP contribution in [0.1, 0.15) is 18.2 Å². The van der Waals surface area contributed by atoms with E-state index in [2.05, 4.69) is 22.1 Å². The quantitative estimate of drug-likeness (QED) is 0.359. The number of anilines is 1. The number of nitrogens with two attached hydrogens (primary N) is 1. The number of oxime groups is 1. The average molecular weight is 269 g/mol. The van der Waals surface area contributed by atoms with Crippen LogP contribution in [0.4, 0.5) is 5.82 Å². The third-order valence-corrected chi connectivity index (χ3v) is 4.23. The second kappa shape index (κ2) is 5.09. The van der Waals surface area contributed by atoms with Crippen molar-refractivity contribution in [2.45, 2.75) is 19.1 Å². The molecule has 0 radical (unpaired) electrons. The maximum Gasteiger partial charge on any atom is 0.175 e. The first-order valence-electron chi connectivity index (χ1n) is 5.92. The number of rotatable bonds is 2. The Morgan fingerprint density at radius 2 is 2.33 bits per heavy atom. The zero-order chi connectivity index (χ0) is 13.3. The Hall–Kier alpha value is -1.37. The van der Waals surface area contributed by atoms with Crippen molar-refractivity contribution in [1.82, 2.24) is 9.78 Å². The molecule has 0 saturated carbocycles. The molecule has 1 unspecified atom stereocenters. The maximum absolute atomic E-state index is 8.90. The third-order valence-electron chi connectivity index (χ3n) is 3.10. The van der Waals surface area contributed by atoms with E-state index in [4.69, 9.17) is 10.9 Å². The highest BCUT2D eigenvalue weighted by Gasteiger charge is 2.25. The Balaban J connectivity index is 2.43. The fourth-order valence-corrected chi connectivity index (χ4v) is 3.38. The van der Waals surface area contributed by atoms with E-state index in [-0.39, 0.29) is 5.84 Å². The molecule has 0 aliphatic carbocycles. The molecular weight excluding hydrogens is 250 g/mol. The van der Waals surface area contributed by atoms with Gasteiger partial charge in [0.15, 0.2) is 5.84 Å². The fourth-order valence-electron chi connectivity index (χ4n) is 2.37. The van der Waals surface area contributed by atoms with Crippen LogP contribution in [0.5, 0.6) is 0 Å². The van der Waals surface area contributed by atoms with Crippen LogP contribution >= 0.6 is 11.8 Å². The molecule has 1 aliphatic heterocycles. The van der Waals surface area contributed by atoms with Gasteiger partial charge >= 0.3 is 0 Å². The number of aryl methyl sites for hydroxylation is 2. The summed E-state index contributed by atoms with van der Waals surface area (Å²) in [5.41, 5.74) is 7.29. The molecule has 1 fully saturated rings. The molecule has 0 amide bonds. The molecule has 7 heteroatoms. The normalized spacial score (nSPS) is 21.4.